The first-order chi connectivity index (χ1) is 11.7. The molecular formula is C20H20N2O2. The molecule has 1 unspecified atom stereocenters. The highest BCUT2D eigenvalue weighted by Gasteiger charge is 2.15. The Balaban J connectivity index is 1.58. The average molecular weight is 320 g/mol. The number of carbonyl (C=O) groups is 1. The van der Waals surface area contributed by atoms with Crippen molar-refractivity contribution in [1.82, 2.24) is 9.55 Å². The number of hydrogen-bond donors (Lipinski definition) is 0. The first-order valence-electron chi connectivity index (χ1n) is 7.99. The zero-order valence-electron chi connectivity index (χ0n) is 13.6. The molecule has 2 aromatic carbocycles. The van der Waals surface area contributed by atoms with Gasteiger partial charge in [-0.05, 0) is 29.8 Å². The highest BCUT2D eigenvalue weighted by atomic mass is 16.5. The van der Waals surface area contributed by atoms with Crippen LogP contribution < -0.4 is 4.74 Å². The molecule has 24 heavy (non-hydrogen) atoms. The molecule has 0 radical (unpaired) electrons. The normalized spacial score (nSPS) is 11.9. The second kappa shape index (κ2) is 7.59. The van der Waals surface area contributed by atoms with Gasteiger partial charge in [-0.1, -0.05) is 37.3 Å². The molecule has 0 fully saturated rings. The summed E-state index contributed by atoms with van der Waals surface area (Å²) in [5.74, 6) is 0.784. The van der Waals surface area contributed by atoms with Crippen LogP contribution in [0.25, 0.3) is 0 Å². The van der Waals surface area contributed by atoms with E-state index in [1.165, 1.54) is 0 Å². The molecule has 3 rings (SSSR count). The topological polar surface area (TPSA) is 44.1 Å². The van der Waals surface area contributed by atoms with Gasteiger partial charge in [0.25, 0.3) is 0 Å². The Kier molecular flexibility index (Phi) is 5.06. The van der Waals surface area contributed by atoms with E-state index in [4.69, 9.17) is 4.74 Å². The third kappa shape index (κ3) is 4.10. The molecule has 0 bridgehead atoms. The Labute approximate surface area is 141 Å². The van der Waals surface area contributed by atoms with E-state index in [2.05, 4.69) is 4.98 Å². The molecule has 0 aliphatic rings. The van der Waals surface area contributed by atoms with Crippen LogP contribution in [0.2, 0.25) is 0 Å². The predicted molar refractivity (Wildman–Crippen MR) is 92.9 cm³/mol. The Morgan fingerprint density at radius 3 is 2.54 bits per heavy atom. The zero-order chi connectivity index (χ0) is 16.8. The summed E-state index contributed by atoms with van der Waals surface area (Å²) in [6.07, 6.45) is 5.31. The number of aromatic nitrogens is 2. The van der Waals surface area contributed by atoms with Crippen LogP contribution in [-0.4, -0.2) is 15.3 Å². The molecule has 1 aromatic heterocycles. The van der Waals surface area contributed by atoms with Gasteiger partial charge in [-0.25, -0.2) is 4.98 Å². The number of ether oxygens (including phenoxy) is 1. The monoisotopic (exact) mass is 320 g/mol. The van der Waals surface area contributed by atoms with Crippen molar-refractivity contribution >= 4 is 5.78 Å². The van der Waals surface area contributed by atoms with Crippen LogP contribution in [0.5, 0.6) is 5.75 Å². The van der Waals surface area contributed by atoms with Crippen molar-refractivity contribution < 1.29 is 9.53 Å². The van der Waals surface area contributed by atoms with Gasteiger partial charge >= 0.3 is 0 Å². The quantitative estimate of drug-likeness (QED) is 0.618. The molecule has 0 saturated heterocycles. The van der Waals surface area contributed by atoms with Gasteiger partial charge in [0, 0.05) is 30.4 Å². The second-order valence-electron chi connectivity index (χ2n) is 5.82. The molecule has 1 atom stereocenters. The van der Waals surface area contributed by atoms with Gasteiger partial charge in [0.2, 0.25) is 0 Å². The third-order valence-electron chi connectivity index (χ3n) is 3.88. The molecule has 122 valence electrons. The molecular weight excluding hydrogens is 300 g/mol. The number of ketones is 1. The molecule has 0 saturated carbocycles. The highest BCUT2D eigenvalue weighted by Crippen LogP contribution is 2.17. The largest absolute Gasteiger partial charge is 0.489 e. The maximum absolute atomic E-state index is 12.5. The van der Waals surface area contributed by atoms with Gasteiger partial charge in [0.05, 0.1) is 6.33 Å². The molecule has 0 aliphatic carbocycles. The van der Waals surface area contributed by atoms with Crippen LogP contribution in [-0.2, 0) is 13.2 Å². The lowest BCUT2D eigenvalue weighted by Gasteiger charge is -2.12. The van der Waals surface area contributed by atoms with Crippen molar-refractivity contribution in [1.29, 1.82) is 0 Å². The summed E-state index contributed by atoms with van der Waals surface area (Å²) in [6, 6.07) is 17.4. The van der Waals surface area contributed by atoms with E-state index in [0.717, 1.165) is 11.3 Å². The first kappa shape index (κ1) is 16.0. The first-order valence-corrected chi connectivity index (χ1v) is 7.99. The van der Waals surface area contributed by atoms with Crippen molar-refractivity contribution in [2.24, 2.45) is 5.92 Å². The average Bonchev–Trinajstić information content (AvgIpc) is 3.13. The highest BCUT2D eigenvalue weighted by molar-refractivity contribution is 5.97. The van der Waals surface area contributed by atoms with E-state index in [-0.39, 0.29) is 11.7 Å². The molecule has 0 N–H and O–H groups in total. The summed E-state index contributed by atoms with van der Waals surface area (Å²) in [5.41, 5.74) is 1.82. The zero-order valence-corrected chi connectivity index (χ0v) is 13.6. The standard InChI is InChI=1S/C20H20N2O2/c1-16(13-22-12-11-21-15-22)20(23)18-7-9-19(10-8-18)24-14-17-5-3-2-4-6-17/h2-12,15-16H,13-14H2,1H3. The van der Waals surface area contributed by atoms with Gasteiger partial charge < -0.3 is 9.30 Å². The summed E-state index contributed by atoms with van der Waals surface area (Å²) < 4.78 is 7.67. The maximum Gasteiger partial charge on any atom is 0.167 e. The van der Waals surface area contributed by atoms with E-state index in [9.17, 15) is 4.79 Å². The van der Waals surface area contributed by atoms with Gasteiger partial charge in [-0.15, -0.1) is 0 Å². The Morgan fingerprint density at radius 2 is 1.88 bits per heavy atom. The van der Waals surface area contributed by atoms with Gasteiger partial charge in [0.15, 0.2) is 5.78 Å². The van der Waals surface area contributed by atoms with Gasteiger partial charge in [-0.2, -0.15) is 0 Å². The number of rotatable bonds is 7. The van der Waals surface area contributed by atoms with Crippen molar-refractivity contribution in [3.63, 3.8) is 0 Å². The van der Waals surface area contributed by atoms with Crippen molar-refractivity contribution in [2.75, 3.05) is 0 Å². The van der Waals surface area contributed by atoms with Crippen LogP contribution in [0.1, 0.15) is 22.8 Å². The lowest BCUT2D eigenvalue weighted by Crippen LogP contribution is -2.17. The van der Waals surface area contributed by atoms with Crippen LogP contribution in [0.4, 0.5) is 0 Å². The van der Waals surface area contributed by atoms with Crippen LogP contribution in [0, 0.1) is 5.92 Å². The molecule has 3 aromatic rings. The van der Waals surface area contributed by atoms with Crippen LogP contribution in [0.3, 0.4) is 0 Å². The van der Waals surface area contributed by atoms with Crippen molar-refractivity contribution in [2.45, 2.75) is 20.1 Å². The van der Waals surface area contributed by atoms with E-state index in [1.54, 1.807) is 12.5 Å². The number of benzene rings is 2. The fourth-order valence-corrected chi connectivity index (χ4v) is 2.53. The molecule has 1 heterocycles. The van der Waals surface area contributed by atoms with E-state index >= 15 is 0 Å². The minimum Gasteiger partial charge on any atom is -0.489 e. The maximum atomic E-state index is 12.5. The van der Waals surface area contributed by atoms with Crippen molar-refractivity contribution in [3.8, 4) is 5.75 Å². The number of hydrogen-bond acceptors (Lipinski definition) is 3. The van der Waals surface area contributed by atoms with Gasteiger partial charge in [-0.3, -0.25) is 4.79 Å². The van der Waals surface area contributed by atoms with Crippen LogP contribution in [0.15, 0.2) is 73.3 Å². The Bertz CT molecular complexity index is 765. The fourth-order valence-electron chi connectivity index (χ4n) is 2.53. The Hall–Kier alpha value is -2.88. The minimum absolute atomic E-state index is 0.102. The third-order valence-corrected chi connectivity index (χ3v) is 3.88. The summed E-state index contributed by atoms with van der Waals surface area (Å²) in [6.45, 7) is 3.08. The smallest absolute Gasteiger partial charge is 0.167 e. The summed E-state index contributed by atoms with van der Waals surface area (Å²) >= 11 is 0. The number of imidazole rings is 1. The lowest BCUT2D eigenvalue weighted by atomic mass is 9.99. The lowest BCUT2D eigenvalue weighted by molar-refractivity contribution is 0.0918. The number of Topliss-reactive ketones (excluding diaryl/α,β-unsaturated/α-hetero) is 1. The molecule has 0 spiro atoms. The molecule has 0 aliphatic heterocycles. The molecule has 4 heteroatoms. The fraction of sp³-hybridized carbons (Fsp3) is 0.200. The summed E-state index contributed by atoms with van der Waals surface area (Å²) in [5, 5.41) is 0. The van der Waals surface area contributed by atoms with Crippen LogP contribution >= 0.6 is 0 Å². The van der Waals surface area contributed by atoms with Crippen molar-refractivity contribution in [3.05, 3.63) is 84.4 Å². The number of carbonyl (C=O) groups excluding carboxylic acids is 1. The SMILES string of the molecule is CC(Cn1ccnc1)C(=O)c1ccc(OCc2ccccc2)cc1. The van der Waals surface area contributed by atoms with Gasteiger partial charge in [0.1, 0.15) is 12.4 Å². The van der Waals surface area contributed by atoms with E-state index in [0.29, 0.717) is 18.7 Å². The number of nitrogens with zero attached hydrogens (tertiary/aromatic N) is 2. The minimum atomic E-state index is -0.102. The van der Waals surface area contributed by atoms with E-state index in [1.807, 2.05) is 72.3 Å². The molecule has 4 nitrogen and oxygen atoms in total. The molecule has 0 amide bonds. The second-order valence-corrected chi connectivity index (χ2v) is 5.82. The Morgan fingerprint density at radius 1 is 1.12 bits per heavy atom. The summed E-state index contributed by atoms with van der Waals surface area (Å²) in [7, 11) is 0. The van der Waals surface area contributed by atoms with E-state index < -0.39 is 0 Å². The predicted octanol–water partition coefficient (Wildman–Crippen LogP) is 3.98. The summed E-state index contributed by atoms with van der Waals surface area (Å²) in [4.78, 5) is 16.5.